The third-order valence-electron chi connectivity index (χ3n) is 5.50. The Hall–Kier alpha value is -0.910. The number of quaternary nitrogens is 1. The Labute approximate surface area is 193 Å². The van der Waals surface area contributed by atoms with Gasteiger partial charge in [-0.2, -0.15) is 8.42 Å². The monoisotopic (exact) mass is 456 g/mol. The normalized spacial score (nSPS) is 11.8. The van der Waals surface area contributed by atoms with E-state index in [4.69, 9.17) is 4.55 Å². The molecule has 1 N–H and O–H groups in total. The molecule has 4 nitrogen and oxygen atoms in total. The quantitative estimate of drug-likeness (QED) is 0.160. The first kappa shape index (κ1) is 30.1. The fourth-order valence-electron chi connectivity index (χ4n) is 3.49. The van der Waals surface area contributed by atoms with E-state index < -0.39 is 10.1 Å². The molecular formula is C26H50NO3S+. The molecule has 0 aliphatic heterocycles. The number of hydrogen-bond donors (Lipinski definition) is 1. The smallest absolute Gasteiger partial charge is 0.294 e. The molecule has 0 aliphatic carbocycles. The average molecular weight is 457 g/mol. The summed E-state index contributed by atoms with van der Waals surface area (Å²) in [6, 6.07) is 5.99. The van der Waals surface area contributed by atoms with Gasteiger partial charge in [0.25, 0.3) is 10.1 Å². The van der Waals surface area contributed by atoms with Crippen molar-refractivity contribution in [2.24, 2.45) is 0 Å². The zero-order chi connectivity index (χ0) is 23.6. The predicted molar refractivity (Wildman–Crippen MR) is 134 cm³/mol. The lowest BCUT2D eigenvalue weighted by molar-refractivity contribution is -0.870. The van der Waals surface area contributed by atoms with Gasteiger partial charge in [0.15, 0.2) is 0 Å². The molecule has 0 atom stereocenters. The lowest BCUT2D eigenvalue weighted by Crippen LogP contribution is -2.35. The first-order valence-corrected chi connectivity index (χ1v) is 13.8. The van der Waals surface area contributed by atoms with E-state index in [-0.39, 0.29) is 4.90 Å². The van der Waals surface area contributed by atoms with Crippen LogP contribution in [0, 0.1) is 6.92 Å². The van der Waals surface area contributed by atoms with Gasteiger partial charge in [-0.1, -0.05) is 102 Å². The van der Waals surface area contributed by atoms with Crippen molar-refractivity contribution in [2.75, 3.05) is 27.7 Å². The van der Waals surface area contributed by atoms with Crippen LogP contribution >= 0.6 is 0 Å². The summed E-state index contributed by atoms with van der Waals surface area (Å²) in [7, 11) is 2.86. The highest BCUT2D eigenvalue weighted by molar-refractivity contribution is 7.85. The number of benzene rings is 1. The van der Waals surface area contributed by atoms with Crippen molar-refractivity contribution >= 4 is 10.1 Å². The van der Waals surface area contributed by atoms with Gasteiger partial charge in [-0.15, -0.1) is 0 Å². The maximum atomic E-state index is 10.5. The second kappa shape index (κ2) is 17.6. The minimum Gasteiger partial charge on any atom is -0.331 e. The molecule has 0 heterocycles. The second-order valence-electron chi connectivity index (χ2n) is 9.90. The lowest BCUT2D eigenvalue weighted by atomic mass is 10.0. The summed E-state index contributed by atoms with van der Waals surface area (Å²) in [4.78, 5) is -0.0666. The lowest BCUT2D eigenvalue weighted by Gasteiger charge is -2.23. The van der Waals surface area contributed by atoms with E-state index in [9.17, 15) is 8.42 Å². The first-order chi connectivity index (χ1) is 14.6. The zero-order valence-electron chi connectivity index (χ0n) is 21.0. The van der Waals surface area contributed by atoms with E-state index in [1.54, 1.807) is 12.1 Å². The molecule has 5 heteroatoms. The standard InChI is InChI=1S/C19H42N.C7H8O3S/c1-5-6-7-8-9-10-11-12-13-14-15-16-17-18-19-20(2,3)4;1-6-2-4-7(5-3-6)11(8,9)10/h5-19H2,1-4H3;2-5H,1H3,(H,8,9,10)/q+1;. The number of aryl methyl sites for hydroxylation is 1. The highest BCUT2D eigenvalue weighted by atomic mass is 32.2. The van der Waals surface area contributed by atoms with Gasteiger partial charge in [0.05, 0.1) is 32.6 Å². The maximum absolute atomic E-state index is 10.5. The van der Waals surface area contributed by atoms with Gasteiger partial charge in [0.1, 0.15) is 0 Å². The van der Waals surface area contributed by atoms with Crippen molar-refractivity contribution in [1.82, 2.24) is 0 Å². The van der Waals surface area contributed by atoms with Crippen LogP contribution in [-0.2, 0) is 10.1 Å². The Morgan fingerprint density at radius 3 is 1.35 bits per heavy atom. The molecule has 0 saturated carbocycles. The second-order valence-corrected chi connectivity index (χ2v) is 11.3. The van der Waals surface area contributed by atoms with E-state index in [0.29, 0.717) is 0 Å². The molecule has 0 fully saturated rings. The highest BCUT2D eigenvalue weighted by Crippen LogP contribution is 2.13. The average Bonchev–Trinajstić information content (AvgIpc) is 2.67. The molecule has 0 radical (unpaired) electrons. The van der Waals surface area contributed by atoms with Crippen molar-refractivity contribution in [3.63, 3.8) is 0 Å². The van der Waals surface area contributed by atoms with Crippen LogP contribution < -0.4 is 0 Å². The molecule has 1 aromatic rings. The van der Waals surface area contributed by atoms with E-state index in [0.717, 1.165) is 10.0 Å². The topological polar surface area (TPSA) is 54.4 Å². The van der Waals surface area contributed by atoms with Crippen LogP contribution in [0.5, 0.6) is 0 Å². The van der Waals surface area contributed by atoms with E-state index >= 15 is 0 Å². The molecule has 0 spiro atoms. The molecule has 0 amide bonds. The molecule has 182 valence electrons. The van der Waals surface area contributed by atoms with Crippen molar-refractivity contribution in [1.29, 1.82) is 0 Å². The van der Waals surface area contributed by atoms with Gasteiger partial charge in [0, 0.05) is 0 Å². The Balaban J connectivity index is 0.000000683. The van der Waals surface area contributed by atoms with Crippen LogP contribution in [0.3, 0.4) is 0 Å². The third-order valence-corrected chi connectivity index (χ3v) is 6.37. The Morgan fingerprint density at radius 1 is 0.677 bits per heavy atom. The van der Waals surface area contributed by atoms with Crippen molar-refractivity contribution in [3.8, 4) is 0 Å². The van der Waals surface area contributed by atoms with Crippen molar-refractivity contribution in [3.05, 3.63) is 29.8 Å². The Kier molecular flexibility index (Phi) is 17.1. The number of nitrogens with zero attached hydrogens (tertiary/aromatic N) is 1. The molecule has 1 aromatic carbocycles. The van der Waals surface area contributed by atoms with Gasteiger partial charge < -0.3 is 4.48 Å². The van der Waals surface area contributed by atoms with E-state index in [1.807, 2.05) is 6.92 Å². The number of hydrogen-bond acceptors (Lipinski definition) is 2. The largest absolute Gasteiger partial charge is 0.331 e. The highest BCUT2D eigenvalue weighted by Gasteiger charge is 2.07. The molecule has 0 unspecified atom stereocenters. The van der Waals surface area contributed by atoms with Crippen molar-refractivity contribution < 1.29 is 17.5 Å². The Morgan fingerprint density at radius 2 is 1.03 bits per heavy atom. The number of unbranched alkanes of at least 4 members (excludes halogenated alkanes) is 13. The van der Waals surface area contributed by atoms with Crippen LogP contribution in [0.25, 0.3) is 0 Å². The summed E-state index contributed by atoms with van der Waals surface area (Å²) in [5, 5.41) is 0. The summed E-state index contributed by atoms with van der Waals surface area (Å²) < 4.78 is 30.7. The summed E-state index contributed by atoms with van der Waals surface area (Å²) >= 11 is 0. The van der Waals surface area contributed by atoms with E-state index in [1.165, 1.54) is 109 Å². The van der Waals surface area contributed by atoms with Gasteiger partial charge in [-0.25, -0.2) is 0 Å². The van der Waals surface area contributed by atoms with Crippen molar-refractivity contribution in [2.45, 2.75) is 109 Å². The van der Waals surface area contributed by atoms with Gasteiger partial charge in [-0.05, 0) is 31.9 Å². The first-order valence-electron chi connectivity index (χ1n) is 12.4. The minimum absolute atomic E-state index is 0.0666. The summed E-state index contributed by atoms with van der Waals surface area (Å²) in [5.74, 6) is 0. The fraction of sp³-hybridized carbons (Fsp3) is 0.769. The summed E-state index contributed by atoms with van der Waals surface area (Å²) in [6.07, 6.45) is 20.4. The molecule has 31 heavy (non-hydrogen) atoms. The minimum atomic E-state index is -4.02. The van der Waals surface area contributed by atoms with E-state index in [2.05, 4.69) is 28.1 Å². The predicted octanol–water partition coefficient (Wildman–Crippen LogP) is 7.42. The number of rotatable bonds is 16. The maximum Gasteiger partial charge on any atom is 0.294 e. The summed E-state index contributed by atoms with van der Waals surface area (Å²) in [5.41, 5.74) is 0.956. The molecule has 1 rings (SSSR count). The Bertz CT molecular complexity index is 634. The van der Waals surface area contributed by atoms with Gasteiger partial charge in [-0.3, -0.25) is 4.55 Å². The van der Waals surface area contributed by atoms with Crippen LogP contribution in [0.15, 0.2) is 29.2 Å². The molecule has 0 aliphatic rings. The zero-order valence-corrected chi connectivity index (χ0v) is 21.9. The molecular weight excluding hydrogens is 406 g/mol. The van der Waals surface area contributed by atoms with Gasteiger partial charge in [0.2, 0.25) is 0 Å². The van der Waals surface area contributed by atoms with Crippen LogP contribution in [0.4, 0.5) is 0 Å². The fourth-order valence-corrected chi connectivity index (χ4v) is 3.97. The summed E-state index contributed by atoms with van der Waals surface area (Å²) in [6.45, 7) is 5.47. The van der Waals surface area contributed by atoms with Gasteiger partial charge >= 0.3 is 0 Å². The molecule has 0 bridgehead atoms. The SMILES string of the molecule is CCCCCCCCCCCCCCCC[N+](C)(C)C.Cc1ccc(S(=O)(=O)O)cc1. The molecule has 0 saturated heterocycles. The molecule has 0 aromatic heterocycles. The van der Waals surface area contributed by atoms with Crippen LogP contribution in [0.1, 0.15) is 102 Å². The third kappa shape index (κ3) is 20.7. The van der Waals surface area contributed by atoms with Crippen LogP contribution in [-0.4, -0.2) is 45.1 Å². The van der Waals surface area contributed by atoms with Crippen LogP contribution in [0.2, 0.25) is 0 Å².